The summed E-state index contributed by atoms with van der Waals surface area (Å²) in [6.07, 6.45) is 2.94. The van der Waals surface area contributed by atoms with E-state index in [0.717, 1.165) is 16.1 Å². The van der Waals surface area contributed by atoms with Crippen LogP contribution in [0.15, 0.2) is 45.7 Å². The summed E-state index contributed by atoms with van der Waals surface area (Å²) in [6, 6.07) is 8.23. The van der Waals surface area contributed by atoms with Gasteiger partial charge >= 0.3 is 5.97 Å². The number of carbonyl (C=O) groups is 1. The highest BCUT2D eigenvalue weighted by Crippen LogP contribution is 2.22. The first kappa shape index (κ1) is 20.9. The third-order valence-corrected chi connectivity index (χ3v) is 5.35. The Bertz CT molecular complexity index is 1180. The van der Waals surface area contributed by atoms with Gasteiger partial charge in [0.25, 0.3) is 5.56 Å². The van der Waals surface area contributed by atoms with Crippen LogP contribution in [0.5, 0.6) is 0 Å². The second kappa shape index (κ2) is 8.69. The standard InChI is InChI=1S/C22H20BrFN2O3/c1-4-20-25-19-12-18(24)14(6-9-21(27)29-5-2)11-16(19)22(28)26(20)15-7-8-17(23)13(3)10-15/h6-12H,4-5H2,1-3H3. The Morgan fingerprint density at radius 2 is 2.03 bits per heavy atom. The van der Waals surface area contributed by atoms with Crippen LogP contribution in [-0.4, -0.2) is 22.1 Å². The van der Waals surface area contributed by atoms with Crippen molar-refractivity contribution in [3.63, 3.8) is 0 Å². The van der Waals surface area contributed by atoms with Crippen LogP contribution in [0.3, 0.4) is 0 Å². The highest BCUT2D eigenvalue weighted by molar-refractivity contribution is 9.10. The van der Waals surface area contributed by atoms with Crippen molar-refractivity contribution >= 4 is 38.9 Å². The number of benzene rings is 2. The van der Waals surface area contributed by atoms with Crippen molar-refractivity contribution in [1.82, 2.24) is 9.55 Å². The Morgan fingerprint density at radius 1 is 1.28 bits per heavy atom. The van der Waals surface area contributed by atoms with E-state index < -0.39 is 11.8 Å². The fraction of sp³-hybridized carbons (Fsp3) is 0.227. The molecule has 3 aromatic rings. The molecule has 0 aliphatic heterocycles. The third kappa shape index (κ3) is 4.29. The molecule has 0 aliphatic rings. The quantitative estimate of drug-likeness (QED) is 0.409. The van der Waals surface area contributed by atoms with Gasteiger partial charge in [0.05, 0.1) is 23.2 Å². The van der Waals surface area contributed by atoms with Gasteiger partial charge in [0.2, 0.25) is 0 Å². The second-order valence-corrected chi connectivity index (χ2v) is 7.29. The van der Waals surface area contributed by atoms with E-state index in [0.29, 0.717) is 17.9 Å². The summed E-state index contributed by atoms with van der Waals surface area (Å²) < 4.78 is 21.8. The van der Waals surface area contributed by atoms with Crippen molar-refractivity contribution < 1.29 is 13.9 Å². The Hall–Kier alpha value is -2.80. The molecule has 5 nitrogen and oxygen atoms in total. The predicted octanol–water partition coefficient (Wildman–Crippen LogP) is 4.73. The maximum atomic E-state index is 14.5. The predicted molar refractivity (Wildman–Crippen MR) is 115 cm³/mol. The molecule has 0 aliphatic carbocycles. The second-order valence-electron chi connectivity index (χ2n) is 6.43. The number of aromatic nitrogens is 2. The molecule has 7 heteroatoms. The Balaban J connectivity index is 2.21. The van der Waals surface area contributed by atoms with Gasteiger partial charge in [-0.3, -0.25) is 9.36 Å². The van der Waals surface area contributed by atoms with E-state index in [4.69, 9.17) is 4.74 Å². The van der Waals surface area contributed by atoms with E-state index in [1.807, 2.05) is 32.0 Å². The van der Waals surface area contributed by atoms with Crippen molar-refractivity contribution in [1.29, 1.82) is 0 Å². The van der Waals surface area contributed by atoms with Crippen LogP contribution < -0.4 is 5.56 Å². The Morgan fingerprint density at radius 3 is 2.69 bits per heavy atom. The number of hydrogen-bond acceptors (Lipinski definition) is 4. The summed E-state index contributed by atoms with van der Waals surface area (Å²) in [4.78, 5) is 29.3. The van der Waals surface area contributed by atoms with E-state index >= 15 is 0 Å². The van der Waals surface area contributed by atoms with Gasteiger partial charge in [0.1, 0.15) is 11.6 Å². The lowest BCUT2D eigenvalue weighted by Crippen LogP contribution is -2.24. The van der Waals surface area contributed by atoms with Gasteiger partial charge in [0, 0.05) is 28.6 Å². The summed E-state index contributed by atoms with van der Waals surface area (Å²) in [7, 11) is 0. The number of hydrogen-bond donors (Lipinski definition) is 0. The topological polar surface area (TPSA) is 61.2 Å². The maximum absolute atomic E-state index is 14.5. The lowest BCUT2D eigenvalue weighted by atomic mass is 10.1. The summed E-state index contributed by atoms with van der Waals surface area (Å²) >= 11 is 3.46. The van der Waals surface area contributed by atoms with Crippen LogP contribution in [0.25, 0.3) is 22.7 Å². The molecule has 0 saturated carbocycles. The molecule has 0 unspecified atom stereocenters. The number of aryl methyl sites for hydroxylation is 2. The molecule has 29 heavy (non-hydrogen) atoms. The molecule has 1 heterocycles. The minimum Gasteiger partial charge on any atom is -0.463 e. The molecule has 0 atom stereocenters. The van der Waals surface area contributed by atoms with Gasteiger partial charge in [-0.05, 0) is 49.8 Å². The normalized spacial score (nSPS) is 11.3. The number of ether oxygens (including phenoxy) is 1. The molecule has 1 aromatic heterocycles. The lowest BCUT2D eigenvalue weighted by Gasteiger charge is -2.14. The van der Waals surface area contributed by atoms with Crippen LogP contribution in [0, 0.1) is 12.7 Å². The molecule has 0 fully saturated rings. The van der Waals surface area contributed by atoms with Crippen LogP contribution in [-0.2, 0) is 16.0 Å². The largest absolute Gasteiger partial charge is 0.463 e. The first-order chi connectivity index (χ1) is 13.8. The van der Waals surface area contributed by atoms with Crippen molar-refractivity contribution in [2.45, 2.75) is 27.2 Å². The molecule has 0 spiro atoms. The number of esters is 1. The Labute approximate surface area is 176 Å². The summed E-state index contributed by atoms with van der Waals surface area (Å²) in [5.41, 5.74) is 1.78. The van der Waals surface area contributed by atoms with E-state index in [2.05, 4.69) is 20.9 Å². The molecule has 3 rings (SSSR count). The summed E-state index contributed by atoms with van der Waals surface area (Å²) in [6.45, 7) is 5.74. The molecule has 0 N–H and O–H groups in total. The van der Waals surface area contributed by atoms with Crippen LogP contribution in [0.2, 0.25) is 0 Å². The average Bonchev–Trinajstić information content (AvgIpc) is 2.69. The smallest absolute Gasteiger partial charge is 0.330 e. The fourth-order valence-electron chi connectivity index (χ4n) is 3.02. The maximum Gasteiger partial charge on any atom is 0.330 e. The lowest BCUT2D eigenvalue weighted by molar-refractivity contribution is -0.137. The van der Waals surface area contributed by atoms with E-state index in [-0.39, 0.29) is 28.6 Å². The molecular formula is C22H20BrFN2O3. The van der Waals surface area contributed by atoms with Crippen molar-refractivity contribution in [2.24, 2.45) is 0 Å². The first-order valence-corrected chi connectivity index (χ1v) is 10.0. The van der Waals surface area contributed by atoms with Gasteiger partial charge in [-0.2, -0.15) is 0 Å². The first-order valence-electron chi connectivity index (χ1n) is 9.22. The molecule has 0 saturated heterocycles. The molecule has 0 amide bonds. The van der Waals surface area contributed by atoms with Crippen LogP contribution >= 0.6 is 15.9 Å². The zero-order valence-corrected chi connectivity index (χ0v) is 17.9. The van der Waals surface area contributed by atoms with Crippen molar-refractivity contribution in [2.75, 3.05) is 6.61 Å². The van der Waals surface area contributed by atoms with Gasteiger partial charge < -0.3 is 4.74 Å². The van der Waals surface area contributed by atoms with Gasteiger partial charge in [0.15, 0.2) is 0 Å². The highest BCUT2D eigenvalue weighted by Gasteiger charge is 2.15. The highest BCUT2D eigenvalue weighted by atomic mass is 79.9. The van der Waals surface area contributed by atoms with E-state index in [9.17, 15) is 14.0 Å². The SMILES string of the molecule is CCOC(=O)C=Cc1cc2c(=O)n(-c3ccc(Br)c(C)c3)c(CC)nc2cc1F. The van der Waals surface area contributed by atoms with Gasteiger partial charge in [-0.25, -0.2) is 14.2 Å². The average molecular weight is 459 g/mol. The summed E-state index contributed by atoms with van der Waals surface area (Å²) in [5.74, 6) is -0.600. The zero-order chi connectivity index (χ0) is 21.1. The van der Waals surface area contributed by atoms with E-state index in [1.54, 1.807) is 11.5 Å². The fourth-order valence-corrected chi connectivity index (χ4v) is 3.26. The zero-order valence-electron chi connectivity index (χ0n) is 16.3. The molecule has 150 valence electrons. The van der Waals surface area contributed by atoms with Gasteiger partial charge in [-0.1, -0.05) is 22.9 Å². The number of fused-ring (bicyclic) bond motifs is 1. The molecule has 0 radical (unpaired) electrons. The number of nitrogens with zero attached hydrogens (tertiary/aromatic N) is 2. The number of halogens is 2. The molecule has 0 bridgehead atoms. The van der Waals surface area contributed by atoms with E-state index in [1.165, 1.54) is 18.2 Å². The van der Waals surface area contributed by atoms with Crippen molar-refractivity contribution in [3.05, 3.63) is 74.0 Å². The number of carbonyl (C=O) groups excluding carboxylic acids is 1. The number of rotatable bonds is 5. The van der Waals surface area contributed by atoms with Gasteiger partial charge in [-0.15, -0.1) is 0 Å². The molecular weight excluding hydrogens is 439 g/mol. The van der Waals surface area contributed by atoms with Crippen molar-refractivity contribution in [3.8, 4) is 5.69 Å². The third-order valence-electron chi connectivity index (χ3n) is 4.46. The minimum atomic E-state index is -0.575. The monoisotopic (exact) mass is 458 g/mol. The summed E-state index contributed by atoms with van der Waals surface area (Å²) in [5, 5.41) is 0.271. The Kier molecular flexibility index (Phi) is 6.27. The van der Waals surface area contributed by atoms with Crippen LogP contribution in [0.4, 0.5) is 4.39 Å². The minimum absolute atomic E-state index is 0.118. The van der Waals surface area contributed by atoms with Crippen LogP contribution in [0.1, 0.15) is 30.8 Å². The molecule has 2 aromatic carbocycles.